The lowest BCUT2D eigenvalue weighted by Gasteiger charge is -2.27. The Morgan fingerprint density at radius 3 is 1.07 bits per heavy atom. The third-order valence-electron chi connectivity index (χ3n) is 8.25. The molecule has 2 aliphatic rings. The summed E-state index contributed by atoms with van der Waals surface area (Å²) >= 11 is 0. The molecule has 0 bridgehead atoms. The average Bonchev–Trinajstić information content (AvgIpc) is 3.79. The van der Waals surface area contributed by atoms with E-state index in [2.05, 4.69) is 0 Å². The summed E-state index contributed by atoms with van der Waals surface area (Å²) in [5.41, 5.74) is 3.49. The molecule has 2 atom stereocenters. The maximum absolute atomic E-state index is 13.2. The summed E-state index contributed by atoms with van der Waals surface area (Å²) in [6.07, 6.45) is 2.51. The monoisotopic (exact) mass is 616 g/mol. The molecule has 224 valence electrons. The van der Waals surface area contributed by atoms with Gasteiger partial charge in [-0.05, 0) is 72.2 Å². The van der Waals surface area contributed by atoms with E-state index in [0.29, 0.717) is 26.2 Å². The van der Waals surface area contributed by atoms with Crippen molar-refractivity contribution in [3.8, 4) is 0 Å². The Labute approximate surface area is 254 Å². The van der Waals surface area contributed by atoms with Crippen LogP contribution in [0.1, 0.15) is 60.1 Å². The lowest BCUT2D eigenvalue weighted by atomic mass is 9.98. The van der Waals surface area contributed by atoms with E-state index in [1.807, 2.05) is 84.9 Å². The molecule has 43 heavy (non-hydrogen) atoms. The first kappa shape index (κ1) is 29.7. The summed E-state index contributed by atoms with van der Waals surface area (Å²) in [5.74, 6) is 0. The van der Waals surface area contributed by atoms with Crippen molar-refractivity contribution in [3.63, 3.8) is 0 Å². The SMILES string of the molecule is O=S(=O)(c1ccc(C(OC(c2ccccc2)c2ccc(S(=O)(=O)N3CCCC3)cc2)c2ccccc2)cc1)N1CCCC1. The first-order valence-corrected chi connectivity index (χ1v) is 17.7. The summed E-state index contributed by atoms with van der Waals surface area (Å²) in [4.78, 5) is 0.554. The molecule has 4 aromatic carbocycles. The first-order chi connectivity index (χ1) is 20.8. The van der Waals surface area contributed by atoms with Crippen LogP contribution in [0, 0.1) is 0 Å². The van der Waals surface area contributed by atoms with Crippen LogP contribution in [0.2, 0.25) is 0 Å². The zero-order valence-corrected chi connectivity index (χ0v) is 25.6. The predicted octanol–water partition coefficient (Wildman–Crippen LogP) is 6.15. The Morgan fingerprint density at radius 1 is 0.442 bits per heavy atom. The second-order valence-corrected chi connectivity index (χ2v) is 15.0. The number of ether oxygens (including phenoxy) is 1. The van der Waals surface area contributed by atoms with Crippen LogP contribution in [-0.4, -0.2) is 51.6 Å². The van der Waals surface area contributed by atoms with Crippen molar-refractivity contribution in [2.24, 2.45) is 0 Å². The molecular formula is C34H36N2O5S2. The summed E-state index contributed by atoms with van der Waals surface area (Å²) < 4.78 is 62.7. The highest BCUT2D eigenvalue weighted by Gasteiger charge is 2.30. The fourth-order valence-corrected chi connectivity index (χ4v) is 8.91. The molecular weight excluding hydrogens is 581 g/mol. The van der Waals surface area contributed by atoms with Gasteiger partial charge in [-0.2, -0.15) is 8.61 Å². The van der Waals surface area contributed by atoms with Crippen LogP contribution in [0.25, 0.3) is 0 Å². The number of hydrogen-bond donors (Lipinski definition) is 0. The van der Waals surface area contributed by atoms with E-state index in [1.54, 1.807) is 32.9 Å². The summed E-state index contributed by atoms with van der Waals surface area (Å²) in [6.45, 7) is 2.21. The van der Waals surface area contributed by atoms with Gasteiger partial charge < -0.3 is 4.74 Å². The van der Waals surface area contributed by atoms with Gasteiger partial charge in [0.05, 0.1) is 9.79 Å². The Hall–Kier alpha value is -3.34. The molecule has 6 rings (SSSR count). The third kappa shape index (κ3) is 6.32. The first-order valence-electron chi connectivity index (χ1n) is 14.8. The molecule has 2 aliphatic heterocycles. The highest BCUT2D eigenvalue weighted by atomic mass is 32.2. The highest BCUT2D eigenvalue weighted by Crippen LogP contribution is 2.37. The van der Waals surface area contributed by atoms with Gasteiger partial charge in [0.25, 0.3) is 0 Å². The number of benzene rings is 4. The van der Waals surface area contributed by atoms with Crippen LogP contribution < -0.4 is 0 Å². The normalized spacial score (nSPS) is 18.0. The summed E-state index contributed by atoms with van der Waals surface area (Å²) in [5, 5.41) is 0. The average molecular weight is 617 g/mol. The maximum Gasteiger partial charge on any atom is 0.243 e. The van der Waals surface area contributed by atoms with Crippen molar-refractivity contribution in [3.05, 3.63) is 131 Å². The molecule has 0 N–H and O–H groups in total. The fraction of sp³-hybridized carbons (Fsp3) is 0.294. The van der Waals surface area contributed by atoms with Crippen LogP contribution >= 0.6 is 0 Å². The minimum Gasteiger partial charge on any atom is -0.356 e. The van der Waals surface area contributed by atoms with Gasteiger partial charge in [-0.3, -0.25) is 0 Å². The molecule has 7 nitrogen and oxygen atoms in total. The highest BCUT2D eigenvalue weighted by molar-refractivity contribution is 7.89. The summed E-state index contributed by atoms with van der Waals surface area (Å²) in [7, 11) is -7.07. The van der Waals surface area contributed by atoms with Crippen molar-refractivity contribution >= 4 is 20.0 Å². The van der Waals surface area contributed by atoms with Crippen molar-refractivity contribution in [2.75, 3.05) is 26.2 Å². The van der Waals surface area contributed by atoms with E-state index >= 15 is 0 Å². The van der Waals surface area contributed by atoms with Gasteiger partial charge in [-0.25, -0.2) is 16.8 Å². The van der Waals surface area contributed by atoms with Crippen molar-refractivity contribution in [1.29, 1.82) is 0 Å². The molecule has 0 saturated carbocycles. The molecule has 2 saturated heterocycles. The molecule has 9 heteroatoms. The lowest BCUT2D eigenvalue weighted by molar-refractivity contribution is 0.0308. The fourth-order valence-electron chi connectivity index (χ4n) is 5.88. The third-order valence-corrected chi connectivity index (χ3v) is 12.1. The lowest BCUT2D eigenvalue weighted by Crippen LogP contribution is -2.27. The number of sulfonamides is 2. The van der Waals surface area contributed by atoms with E-state index in [1.165, 1.54) is 0 Å². The van der Waals surface area contributed by atoms with Gasteiger partial charge in [0, 0.05) is 26.2 Å². The van der Waals surface area contributed by atoms with E-state index in [4.69, 9.17) is 4.74 Å². The van der Waals surface area contributed by atoms with E-state index < -0.39 is 32.3 Å². The van der Waals surface area contributed by atoms with E-state index in [0.717, 1.165) is 47.9 Å². The molecule has 0 amide bonds. The Bertz CT molecular complexity index is 1590. The summed E-state index contributed by atoms with van der Waals surface area (Å²) in [6, 6.07) is 33.6. The van der Waals surface area contributed by atoms with Gasteiger partial charge in [0.1, 0.15) is 12.2 Å². The number of rotatable bonds is 10. The molecule has 0 spiro atoms. The minimum absolute atomic E-state index is 0.277. The molecule has 0 aliphatic carbocycles. The van der Waals surface area contributed by atoms with Crippen LogP contribution in [0.5, 0.6) is 0 Å². The van der Waals surface area contributed by atoms with E-state index in [9.17, 15) is 16.8 Å². The van der Waals surface area contributed by atoms with Gasteiger partial charge in [-0.15, -0.1) is 0 Å². The number of hydrogen-bond acceptors (Lipinski definition) is 5. The van der Waals surface area contributed by atoms with E-state index in [-0.39, 0.29) is 9.79 Å². The second-order valence-electron chi connectivity index (χ2n) is 11.1. The topological polar surface area (TPSA) is 84.0 Å². The van der Waals surface area contributed by atoms with Crippen LogP contribution in [-0.2, 0) is 24.8 Å². The Balaban J connectivity index is 1.35. The van der Waals surface area contributed by atoms with Crippen LogP contribution in [0.3, 0.4) is 0 Å². The standard InChI is InChI=1S/C34H36N2O5S2/c37-42(38,35-23-7-8-24-35)31-19-15-29(16-20-31)33(27-11-3-1-4-12-27)41-34(28-13-5-2-6-14-28)30-17-21-32(22-18-30)43(39,40)36-25-9-10-26-36/h1-6,11-22,33-34H,7-10,23-26H2. The zero-order chi connectivity index (χ0) is 29.9. The zero-order valence-electron chi connectivity index (χ0n) is 24.0. The minimum atomic E-state index is -3.54. The molecule has 4 aromatic rings. The maximum atomic E-state index is 13.2. The van der Waals surface area contributed by atoms with Gasteiger partial charge in [0.15, 0.2) is 0 Å². The molecule has 2 heterocycles. The van der Waals surface area contributed by atoms with Gasteiger partial charge in [-0.1, -0.05) is 84.9 Å². The second kappa shape index (κ2) is 12.7. The van der Waals surface area contributed by atoms with Crippen molar-refractivity contribution in [1.82, 2.24) is 8.61 Å². The molecule has 2 unspecified atom stereocenters. The molecule has 2 fully saturated rings. The quantitative estimate of drug-likeness (QED) is 0.213. The van der Waals surface area contributed by atoms with Crippen LogP contribution in [0.4, 0.5) is 0 Å². The van der Waals surface area contributed by atoms with Gasteiger partial charge >= 0.3 is 0 Å². The molecule has 0 radical (unpaired) electrons. The van der Waals surface area contributed by atoms with Crippen molar-refractivity contribution < 1.29 is 21.6 Å². The Kier molecular flexibility index (Phi) is 8.79. The smallest absolute Gasteiger partial charge is 0.243 e. The number of nitrogens with zero attached hydrogens (tertiary/aromatic N) is 2. The Morgan fingerprint density at radius 2 is 0.744 bits per heavy atom. The van der Waals surface area contributed by atoms with Gasteiger partial charge in [0.2, 0.25) is 20.0 Å². The predicted molar refractivity (Wildman–Crippen MR) is 167 cm³/mol. The van der Waals surface area contributed by atoms with Crippen LogP contribution in [0.15, 0.2) is 119 Å². The largest absolute Gasteiger partial charge is 0.356 e. The molecule has 0 aromatic heterocycles. The van der Waals surface area contributed by atoms with Crippen molar-refractivity contribution in [2.45, 2.75) is 47.7 Å².